The lowest BCUT2D eigenvalue weighted by Gasteiger charge is -2.01. The van der Waals surface area contributed by atoms with Crippen molar-refractivity contribution in [2.75, 3.05) is 6.54 Å². The maximum absolute atomic E-state index is 10.7. The predicted molar refractivity (Wildman–Crippen MR) is 101 cm³/mol. The molecule has 0 fully saturated rings. The summed E-state index contributed by atoms with van der Waals surface area (Å²) < 4.78 is 5.87. The zero-order valence-electron chi connectivity index (χ0n) is 13.9. The summed E-state index contributed by atoms with van der Waals surface area (Å²) in [6, 6.07) is 20.3. The van der Waals surface area contributed by atoms with Crippen molar-refractivity contribution in [3.8, 4) is 11.3 Å². The van der Waals surface area contributed by atoms with Crippen LogP contribution < -0.4 is 5.32 Å². The minimum absolute atomic E-state index is 0.0678. The number of hydrogen-bond donors (Lipinski definition) is 1. The first-order valence-electron chi connectivity index (χ1n) is 8.25. The zero-order valence-corrected chi connectivity index (χ0v) is 13.9. The topological polar surface area (TPSA) is 68.3 Å². The normalized spacial score (nSPS) is 14.9. The smallest absolute Gasteiger partial charge is 0.269 e. The number of nitrogens with zero attached hydrogens (tertiary/aromatic N) is 1. The fraction of sp³-hybridized carbons (Fsp3) is 0.0476. The summed E-state index contributed by atoms with van der Waals surface area (Å²) in [5.41, 5.74) is 4.26. The highest BCUT2D eigenvalue weighted by Crippen LogP contribution is 2.27. The van der Waals surface area contributed by atoms with Gasteiger partial charge in [-0.2, -0.15) is 0 Å². The molecule has 0 bridgehead atoms. The van der Waals surface area contributed by atoms with Gasteiger partial charge in [-0.15, -0.1) is 0 Å². The Labute approximate surface area is 150 Å². The Kier molecular flexibility index (Phi) is 4.11. The number of nitro groups is 1. The number of hydrogen-bond acceptors (Lipinski definition) is 4. The molecule has 3 aromatic rings. The summed E-state index contributed by atoms with van der Waals surface area (Å²) in [6.45, 7) is 0.748. The SMILES string of the molecule is O=[N+]([O-])c1ccc(-c2ccc(/C=C3\C=C(c4ccccc4)NC3)o2)cc1. The van der Waals surface area contributed by atoms with Gasteiger partial charge < -0.3 is 9.73 Å². The number of non-ortho nitro benzene ring substituents is 1. The molecule has 4 rings (SSSR count). The van der Waals surface area contributed by atoms with E-state index in [0.717, 1.165) is 34.7 Å². The van der Waals surface area contributed by atoms with Gasteiger partial charge in [-0.25, -0.2) is 0 Å². The van der Waals surface area contributed by atoms with Crippen molar-refractivity contribution < 1.29 is 9.34 Å². The molecule has 2 aromatic carbocycles. The van der Waals surface area contributed by atoms with Gasteiger partial charge in [0.05, 0.1) is 4.92 Å². The third-order valence-corrected chi connectivity index (χ3v) is 4.21. The van der Waals surface area contributed by atoms with Gasteiger partial charge in [0.25, 0.3) is 5.69 Å². The van der Waals surface area contributed by atoms with Gasteiger partial charge in [0.2, 0.25) is 0 Å². The second kappa shape index (κ2) is 6.72. The van der Waals surface area contributed by atoms with Gasteiger partial charge >= 0.3 is 0 Å². The van der Waals surface area contributed by atoms with Gasteiger partial charge in [-0.05, 0) is 47.6 Å². The molecule has 1 N–H and O–H groups in total. The summed E-state index contributed by atoms with van der Waals surface area (Å²) in [5, 5.41) is 14.1. The standard InChI is InChI=1S/C21H16N2O3/c24-23(25)18-8-6-17(7-9-18)21-11-10-19(26-21)12-15-13-20(22-14-15)16-4-2-1-3-5-16/h1-13,22H,14H2/b15-12+. The third-order valence-electron chi connectivity index (χ3n) is 4.21. The molecule has 0 saturated heterocycles. The van der Waals surface area contributed by atoms with Crippen LogP contribution in [0, 0.1) is 10.1 Å². The molecule has 0 spiro atoms. The summed E-state index contributed by atoms with van der Waals surface area (Å²) in [4.78, 5) is 10.3. The van der Waals surface area contributed by atoms with E-state index in [2.05, 4.69) is 23.5 Å². The number of furan rings is 1. The molecule has 0 unspecified atom stereocenters. The lowest BCUT2D eigenvalue weighted by Crippen LogP contribution is -2.06. The zero-order chi connectivity index (χ0) is 17.9. The quantitative estimate of drug-likeness (QED) is 0.541. The lowest BCUT2D eigenvalue weighted by atomic mass is 10.1. The van der Waals surface area contributed by atoms with Crippen molar-refractivity contribution in [3.63, 3.8) is 0 Å². The summed E-state index contributed by atoms with van der Waals surface area (Å²) in [7, 11) is 0. The summed E-state index contributed by atoms with van der Waals surface area (Å²) in [5.74, 6) is 1.44. The highest BCUT2D eigenvalue weighted by Gasteiger charge is 2.12. The Hall–Kier alpha value is -3.60. The second-order valence-electron chi connectivity index (χ2n) is 6.00. The fourth-order valence-electron chi connectivity index (χ4n) is 2.90. The van der Waals surface area contributed by atoms with Crippen LogP contribution in [0.2, 0.25) is 0 Å². The average Bonchev–Trinajstić information content (AvgIpc) is 3.33. The first-order valence-corrected chi connectivity index (χ1v) is 8.25. The molecule has 26 heavy (non-hydrogen) atoms. The Morgan fingerprint density at radius 1 is 0.962 bits per heavy atom. The minimum atomic E-state index is -0.411. The van der Waals surface area contributed by atoms with Crippen molar-refractivity contribution in [1.29, 1.82) is 0 Å². The molecule has 1 aliphatic heterocycles. The highest BCUT2D eigenvalue weighted by molar-refractivity contribution is 5.73. The first-order chi connectivity index (χ1) is 12.7. The van der Waals surface area contributed by atoms with Crippen LogP contribution in [0.4, 0.5) is 5.69 Å². The Balaban J connectivity index is 1.54. The molecule has 5 nitrogen and oxygen atoms in total. The van der Waals surface area contributed by atoms with Crippen molar-refractivity contribution in [3.05, 3.63) is 99.8 Å². The number of nitro benzene ring substituents is 1. The van der Waals surface area contributed by atoms with Crippen LogP contribution in [0.5, 0.6) is 0 Å². The van der Waals surface area contributed by atoms with Gasteiger partial charge in [-0.1, -0.05) is 30.3 Å². The second-order valence-corrected chi connectivity index (χ2v) is 6.00. The van der Waals surface area contributed by atoms with Gasteiger partial charge in [0.15, 0.2) is 0 Å². The molecule has 0 amide bonds. The van der Waals surface area contributed by atoms with E-state index in [4.69, 9.17) is 4.42 Å². The van der Waals surface area contributed by atoms with Crippen molar-refractivity contribution in [2.45, 2.75) is 0 Å². The van der Waals surface area contributed by atoms with E-state index in [-0.39, 0.29) is 5.69 Å². The Morgan fingerprint density at radius 3 is 2.46 bits per heavy atom. The van der Waals surface area contributed by atoms with Crippen molar-refractivity contribution in [2.24, 2.45) is 0 Å². The predicted octanol–water partition coefficient (Wildman–Crippen LogP) is 4.88. The molecule has 0 aliphatic carbocycles. The van der Waals surface area contributed by atoms with E-state index in [1.165, 1.54) is 12.1 Å². The van der Waals surface area contributed by atoms with Crippen LogP contribution in [0.25, 0.3) is 23.1 Å². The molecular formula is C21H16N2O3. The third kappa shape index (κ3) is 3.28. The molecule has 2 heterocycles. The summed E-state index contributed by atoms with van der Waals surface area (Å²) >= 11 is 0. The number of rotatable bonds is 4. The Bertz CT molecular complexity index is 999. The van der Waals surface area contributed by atoms with Crippen molar-refractivity contribution >= 4 is 17.5 Å². The maximum Gasteiger partial charge on any atom is 0.269 e. The molecule has 0 atom stereocenters. The van der Waals surface area contributed by atoms with E-state index >= 15 is 0 Å². The lowest BCUT2D eigenvalue weighted by molar-refractivity contribution is -0.384. The summed E-state index contributed by atoms with van der Waals surface area (Å²) in [6.07, 6.45) is 4.11. The van der Waals surface area contributed by atoms with E-state index in [1.807, 2.05) is 36.4 Å². The molecule has 128 valence electrons. The maximum atomic E-state index is 10.7. The van der Waals surface area contributed by atoms with Crippen LogP contribution >= 0.6 is 0 Å². The van der Waals surface area contributed by atoms with Gasteiger partial charge in [-0.3, -0.25) is 10.1 Å². The highest BCUT2D eigenvalue weighted by atomic mass is 16.6. The van der Waals surface area contributed by atoms with Gasteiger partial charge in [0, 0.05) is 29.9 Å². The molecule has 5 heteroatoms. The monoisotopic (exact) mass is 344 g/mol. The molecule has 0 radical (unpaired) electrons. The van der Waals surface area contributed by atoms with Crippen LogP contribution in [0.3, 0.4) is 0 Å². The van der Waals surface area contributed by atoms with Crippen LogP contribution in [-0.2, 0) is 0 Å². The fourth-order valence-corrected chi connectivity index (χ4v) is 2.90. The number of benzene rings is 2. The first kappa shape index (κ1) is 15.9. The van der Waals surface area contributed by atoms with Crippen LogP contribution in [0.15, 0.2) is 82.8 Å². The van der Waals surface area contributed by atoms with E-state index in [9.17, 15) is 10.1 Å². The Morgan fingerprint density at radius 2 is 1.73 bits per heavy atom. The molecule has 0 saturated carbocycles. The minimum Gasteiger partial charge on any atom is -0.457 e. The van der Waals surface area contributed by atoms with Crippen LogP contribution in [-0.4, -0.2) is 11.5 Å². The average molecular weight is 344 g/mol. The number of nitrogens with one attached hydrogen (secondary N) is 1. The van der Waals surface area contributed by atoms with E-state index < -0.39 is 4.92 Å². The van der Waals surface area contributed by atoms with Crippen LogP contribution in [0.1, 0.15) is 11.3 Å². The van der Waals surface area contributed by atoms with Crippen molar-refractivity contribution in [1.82, 2.24) is 5.32 Å². The molecular weight excluding hydrogens is 328 g/mol. The van der Waals surface area contributed by atoms with E-state index in [0.29, 0.717) is 5.76 Å². The largest absolute Gasteiger partial charge is 0.457 e. The molecule has 1 aliphatic rings. The van der Waals surface area contributed by atoms with Gasteiger partial charge in [0.1, 0.15) is 11.5 Å². The molecule has 1 aromatic heterocycles. The van der Waals surface area contributed by atoms with E-state index in [1.54, 1.807) is 12.1 Å².